The summed E-state index contributed by atoms with van der Waals surface area (Å²) in [4.78, 5) is 32.9. The smallest absolute Gasteiger partial charge is 0.275 e. The Morgan fingerprint density at radius 3 is 2.85 bits per heavy atom. The highest BCUT2D eigenvalue weighted by Gasteiger charge is 2.22. The number of anilines is 2. The standard InChI is InChI=1S/C18H10Cl2N4O3/c19-11-4-6-14(20)24-15(11)17(26)22-9-3-5-13-10(8-9)16(25)23-12-2-1-7-21-18(12)27-13/h1-8H,(H,22,26)(H,23,25). The van der Waals surface area contributed by atoms with E-state index in [1.807, 2.05) is 0 Å². The lowest BCUT2D eigenvalue weighted by Gasteiger charge is -2.10. The van der Waals surface area contributed by atoms with Crippen LogP contribution < -0.4 is 15.4 Å². The van der Waals surface area contributed by atoms with Gasteiger partial charge in [0, 0.05) is 11.9 Å². The number of carbonyl (C=O) groups is 2. The fraction of sp³-hybridized carbons (Fsp3) is 0. The van der Waals surface area contributed by atoms with Crippen LogP contribution in [-0.4, -0.2) is 21.8 Å². The largest absolute Gasteiger partial charge is 0.436 e. The average molecular weight is 401 g/mol. The van der Waals surface area contributed by atoms with E-state index in [4.69, 9.17) is 27.9 Å². The van der Waals surface area contributed by atoms with Gasteiger partial charge in [0.25, 0.3) is 11.8 Å². The third-order valence-corrected chi connectivity index (χ3v) is 4.25. The van der Waals surface area contributed by atoms with Crippen LogP contribution in [0.1, 0.15) is 20.8 Å². The first-order valence-electron chi connectivity index (χ1n) is 7.73. The van der Waals surface area contributed by atoms with Gasteiger partial charge in [-0.3, -0.25) is 9.59 Å². The maximum atomic E-state index is 12.5. The van der Waals surface area contributed by atoms with E-state index in [2.05, 4.69) is 20.6 Å². The summed E-state index contributed by atoms with van der Waals surface area (Å²) in [6.45, 7) is 0. The molecule has 27 heavy (non-hydrogen) atoms. The second-order valence-corrected chi connectivity index (χ2v) is 6.34. The predicted molar refractivity (Wildman–Crippen MR) is 101 cm³/mol. The van der Waals surface area contributed by atoms with Crippen molar-refractivity contribution in [2.75, 3.05) is 10.6 Å². The van der Waals surface area contributed by atoms with E-state index in [-0.39, 0.29) is 33.2 Å². The molecular formula is C18H10Cl2N4O3. The van der Waals surface area contributed by atoms with Gasteiger partial charge in [-0.1, -0.05) is 23.2 Å². The molecule has 4 rings (SSSR count). The third-order valence-electron chi connectivity index (χ3n) is 3.74. The second kappa shape index (κ2) is 6.86. The minimum Gasteiger partial charge on any atom is -0.436 e. The van der Waals surface area contributed by atoms with E-state index in [1.165, 1.54) is 18.2 Å². The number of nitrogens with zero attached hydrogens (tertiary/aromatic N) is 2. The van der Waals surface area contributed by atoms with Crippen LogP contribution in [0.15, 0.2) is 48.7 Å². The monoisotopic (exact) mass is 400 g/mol. The van der Waals surface area contributed by atoms with Crippen LogP contribution in [0.25, 0.3) is 0 Å². The molecule has 0 saturated carbocycles. The topological polar surface area (TPSA) is 93.2 Å². The first-order valence-corrected chi connectivity index (χ1v) is 8.48. The van der Waals surface area contributed by atoms with Crippen molar-refractivity contribution in [1.29, 1.82) is 0 Å². The van der Waals surface area contributed by atoms with Gasteiger partial charge in [-0.2, -0.15) is 0 Å². The lowest BCUT2D eigenvalue weighted by Crippen LogP contribution is -2.16. The van der Waals surface area contributed by atoms with Crippen LogP contribution in [0.3, 0.4) is 0 Å². The number of hydrogen-bond acceptors (Lipinski definition) is 5. The summed E-state index contributed by atoms with van der Waals surface area (Å²) in [5, 5.41) is 5.66. The molecular weight excluding hydrogens is 391 g/mol. The van der Waals surface area contributed by atoms with Gasteiger partial charge in [0.15, 0.2) is 0 Å². The molecule has 1 aliphatic rings. The molecule has 9 heteroatoms. The SMILES string of the molecule is O=C1Nc2cccnc2Oc2ccc(NC(=O)c3nc(Cl)ccc3Cl)cc21. The fourth-order valence-electron chi connectivity index (χ4n) is 2.50. The summed E-state index contributed by atoms with van der Waals surface area (Å²) in [5.41, 5.74) is 1.06. The van der Waals surface area contributed by atoms with E-state index in [0.717, 1.165) is 0 Å². The number of halogens is 2. The first kappa shape index (κ1) is 17.3. The number of ether oxygens (including phenoxy) is 1. The van der Waals surface area contributed by atoms with Crippen LogP contribution in [0.4, 0.5) is 11.4 Å². The van der Waals surface area contributed by atoms with Crippen molar-refractivity contribution < 1.29 is 14.3 Å². The number of nitrogens with one attached hydrogen (secondary N) is 2. The number of carbonyl (C=O) groups excluding carboxylic acids is 2. The Morgan fingerprint density at radius 1 is 1.15 bits per heavy atom. The Morgan fingerprint density at radius 2 is 2.00 bits per heavy atom. The molecule has 7 nitrogen and oxygen atoms in total. The fourth-order valence-corrected chi connectivity index (χ4v) is 2.84. The van der Waals surface area contributed by atoms with Crippen molar-refractivity contribution in [3.63, 3.8) is 0 Å². The zero-order valence-corrected chi connectivity index (χ0v) is 15.0. The molecule has 0 fully saturated rings. The van der Waals surface area contributed by atoms with Gasteiger partial charge in [0.2, 0.25) is 5.88 Å². The van der Waals surface area contributed by atoms with E-state index in [1.54, 1.807) is 30.5 Å². The molecule has 0 aliphatic carbocycles. The minimum absolute atomic E-state index is 0.0172. The summed E-state index contributed by atoms with van der Waals surface area (Å²) in [6.07, 6.45) is 1.56. The van der Waals surface area contributed by atoms with Crippen molar-refractivity contribution in [2.24, 2.45) is 0 Å². The summed E-state index contributed by atoms with van der Waals surface area (Å²) in [7, 11) is 0. The highest BCUT2D eigenvalue weighted by Crippen LogP contribution is 2.35. The maximum absolute atomic E-state index is 12.5. The molecule has 134 valence electrons. The Balaban J connectivity index is 1.64. The van der Waals surface area contributed by atoms with Crippen molar-refractivity contribution in [3.8, 4) is 11.6 Å². The second-order valence-electron chi connectivity index (χ2n) is 5.54. The number of rotatable bonds is 2. The predicted octanol–water partition coefficient (Wildman–Crippen LogP) is 4.39. The Hall–Kier alpha value is -3.16. The summed E-state index contributed by atoms with van der Waals surface area (Å²) in [6, 6.07) is 11.0. The minimum atomic E-state index is -0.553. The molecule has 2 aromatic heterocycles. The molecule has 1 aromatic carbocycles. The highest BCUT2D eigenvalue weighted by atomic mass is 35.5. The zero-order chi connectivity index (χ0) is 19.0. The number of aromatic nitrogens is 2. The molecule has 3 heterocycles. The summed E-state index contributed by atoms with van der Waals surface area (Å²) in [5.74, 6) is -0.327. The number of benzene rings is 1. The molecule has 2 amide bonds. The lowest BCUT2D eigenvalue weighted by atomic mass is 10.1. The van der Waals surface area contributed by atoms with Crippen LogP contribution in [0.2, 0.25) is 10.2 Å². The van der Waals surface area contributed by atoms with E-state index in [0.29, 0.717) is 17.1 Å². The molecule has 2 N–H and O–H groups in total. The Bertz CT molecular complexity index is 1090. The van der Waals surface area contributed by atoms with E-state index in [9.17, 15) is 9.59 Å². The highest BCUT2D eigenvalue weighted by molar-refractivity contribution is 6.35. The van der Waals surface area contributed by atoms with E-state index < -0.39 is 5.91 Å². The van der Waals surface area contributed by atoms with Crippen LogP contribution in [0.5, 0.6) is 11.6 Å². The average Bonchev–Trinajstić information content (AvgIpc) is 2.79. The maximum Gasteiger partial charge on any atom is 0.275 e. The van der Waals surface area contributed by atoms with Gasteiger partial charge in [-0.05, 0) is 42.5 Å². The number of hydrogen-bond donors (Lipinski definition) is 2. The summed E-state index contributed by atoms with van der Waals surface area (Å²) >= 11 is 11.8. The molecule has 1 aliphatic heterocycles. The molecule has 0 radical (unpaired) electrons. The Labute approximate surface area is 163 Å². The van der Waals surface area contributed by atoms with E-state index >= 15 is 0 Å². The molecule has 0 saturated heterocycles. The van der Waals surface area contributed by atoms with Crippen molar-refractivity contribution in [1.82, 2.24) is 9.97 Å². The zero-order valence-electron chi connectivity index (χ0n) is 13.5. The molecule has 0 atom stereocenters. The van der Waals surface area contributed by atoms with Crippen LogP contribution in [-0.2, 0) is 0 Å². The number of fused-ring (bicyclic) bond motifs is 2. The van der Waals surface area contributed by atoms with Gasteiger partial charge < -0.3 is 15.4 Å². The molecule has 0 bridgehead atoms. The number of amides is 2. The van der Waals surface area contributed by atoms with Gasteiger partial charge in [0.1, 0.15) is 22.3 Å². The number of pyridine rings is 2. The van der Waals surface area contributed by atoms with Gasteiger partial charge >= 0.3 is 0 Å². The van der Waals surface area contributed by atoms with Crippen LogP contribution >= 0.6 is 23.2 Å². The van der Waals surface area contributed by atoms with Crippen molar-refractivity contribution in [3.05, 3.63) is 70.1 Å². The van der Waals surface area contributed by atoms with Crippen LogP contribution in [0, 0.1) is 0 Å². The van der Waals surface area contributed by atoms with Gasteiger partial charge in [-0.25, -0.2) is 9.97 Å². The van der Waals surface area contributed by atoms with Gasteiger partial charge in [0.05, 0.1) is 10.6 Å². The third kappa shape index (κ3) is 3.42. The molecule has 0 spiro atoms. The van der Waals surface area contributed by atoms with Crippen molar-refractivity contribution >= 4 is 46.4 Å². The summed E-state index contributed by atoms with van der Waals surface area (Å²) < 4.78 is 5.69. The first-order chi connectivity index (χ1) is 13.0. The normalized spacial score (nSPS) is 12.1. The molecule has 3 aromatic rings. The molecule has 0 unspecified atom stereocenters. The lowest BCUT2D eigenvalue weighted by molar-refractivity contribution is 0.101. The van der Waals surface area contributed by atoms with Crippen molar-refractivity contribution in [2.45, 2.75) is 0 Å². The van der Waals surface area contributed by atoms with Gasteiger partial charge in [-0.15, -0.1) is 0 Å². The quantitative estimate of drug-likeness (QED) is 0.622. The Kier molecular flexibility index (Phi) is 4.39.